The fourth-order valence-electron chi connectivity index (χ4n) is 5.09. The van der Waals surface area contributed by atoms with Gasteiger partial charge in [-0.1, -0.05) is 36.4 Å². The summed E-state index contributed by atoms with van der Waals surface area (Å²) in [4.78, 5) is 26.5. The second-order valence-corrected chi connectivity index (χ2v) is 10.6. The molecule has 6 nitrogen and oxygen atoms in total. The standard InChI is InChI=1S/C29H26F4N2O4/c30-25(31)24(37)18-3-1-17(2-4-18)19-5-6-20-14-22(39-21(20)13-19)26(38)35-28(9-11-29(32,33)12-10-28)23(36)15-27(16-34)7-8-27/h1-6,13-14,24-25,37H,7-12,15H2,(H,35,38). The van der Waals surface area contributed by atoms with Gasteiger partial charge in [-0.25, -0.2) is 17.6 Å². The lowest BCUT2D eigenvalue weighted by Gasteiger charge is -2.39. The van der Waals surface area contributed by atoms with Gasteiger partial charge in [-0.05, 0) is 54.5 Å². The lowest BCUT2D eigenvalue weighted by Crippen LogP contribution is -2.58. The molecular weight excluding hydrogens is 516 g/mol. The fourth-order valence-corrected chi connectivity index (χ4v) is 5.09. The Hall–Kier alpha value is -3.71. The van der Waals surface area contributed by atoms with Crippen LogP contribution in [0, 0.1) is 16.7 Å². The summed E-state index contributed by atoms with van der Waals surface area (Å²) in [6.45, 7) is 0. The van der Waals surface area contributed by atoms with Crippen molar-refractivity contribution in [2.45, 2.75) is 68.9 Å². The predicted molar refractivity (Wildman–Crippen MR) is 133 cm³/mol. The summed E-state index contributed by atoms with van der Waals surface area (Å²) in [5.41, 5.74) is -0.498. The number of nitrogens with zero attached hydrogens (tertiary/aromatic N) is 1. The molecular formula is C29H26F4N2O4. The van der Waals surface area contributed by atoms with Crippen molar-refractivity contribution in [3.8, 4) is 17.2 Å². The first-order valence-electron chi connectivity index (χ1n) is 12.7. The van der Waals surface area contributed by atoms with Crippen molar-refractivity contribution in [2.75, 3.05) is 0 Å². The molecule has 3 aromatic rings. The average Bonchev–Trinajstić information content (AvgIpc) is 3.56. The van der Waals surface area contributed by atoms with Gasteiger partial charge in [-0.15, -0.1) is 0 Å². The third-order valence-electron chi connectivity index (χ3n) is 7.88. The monoisotopic (exact) mass is 542 g/mol. The Morgan fingerprint density at radius 3 is 2.21 bits per heavy atom. The van der Waals surface area contributed by atoms with Crippen molar-refractivity contribution in [2.24, 2.45) is 5.41 Å². The zero-order chi connectivity index (χ0) is 28.0. The molecule has 39 heavy (non-hydrogen) atoms. The van der Waals surface area contributed by atoms with Gasteiger partial charge in [0.2, 0.25) is 5.92 Å². The number of benzene rings is 2. The van der Waals surface area contributed by atoms with Crippen LogP contribution in [0.5, 0.6) is 0 Å². The number of hydrogen-bond donors (Lipinski definition) is 2. The molecule has 0 bridgehead atoms. The molecule has 0 saturated heterocycles. The Kier molecular flexibility index (Phi) is 6.75. The topological polar surface area (TPSA) is 103 Å². The molecule has 1 unspecified atom stereocenters. The molecule has 2 aromatic carbocycles. The van der Waals surface area contributed by atoms with Gasteiger partial charge in [0.05, 0.1) is 17.0 Å². The first-order valence-corrected chi connectivity index (χ1v) is 12.7. The smallest absolute Gasteiger partial charge is 0.287 e. The van der Waals surface area contributed by atoms with E-state index in [1.165, 1.54) is 18.2 Å². The van der Waals surface area contributed by atoms with Crippen molar-refractivity contribution < 1.29 is 36.7 Å². The number of Topliss-reactive ketones (excluding diaryl/α,β-unsaturated/α-hetero) is 1. The Balaban J connectivity index is 1.37. The third-order valence-corrected chi connectivity index (χ3v) is 7.88. The summed E-state index contributed by atoms with van der Waals surface area (Å²) < 4.78 is 59.2. The summed E-state index contributed by atoms with van der Waals surface area (Å²) in [5.74, 6) is -4.14. The first-order chi connectivity index (χ1) is 18.4. The number of carbonyl (C=O) groups excluding carboxylic acids is 2. The quantitative estimate of drug-likeness (QED) is 0.324. The van der Waals surface area contributed by atoms with Crippen molar-refractivity contribution in [1.82, 2.24) is 5.32 Å². The number of furan rings is 1. The van der Waals surface area contributed by atoms with E-state index in [-0.39, 0.29) is 30.6 Å². The number of fused-ring (bicyclic) bond motifs is 1. The zero-order valence-corrected chi connectivity index (χ0v) is 20.9. The van der Waals surface area contributed by atoms with E-state index in [0.717, 1.165) is 0 Å². The van der Waals surface area contributed by atoms with E-state index < -0.39 is 53.9 Å². The molecule has 5 rings (SSSR count). The Morgan fingerprint density at radius 2 is 1.62 bits per heavy atom. The largest absolute Gasteiger partial charge is 0.451 e. The van der Waals surface area contributed by atoms with E-state index >= 15 is 0 Å². The highest BCUT2D eigenvalue weighted by molar-refractivity contribution is 6.01. The lowest BCUT2D eigenvalue weighted by molar-refractivity contribution is -0.131. The van der Waals surface area contributed by atoms with Gasteiger partial charge in [0.1, 0.15) is 11.7 Å². The van der Waals surface area contributed by atoms with Crippen molar-refractivity contribution in [3.63, 3.8) is 0 Å². The van der Waals surface area contributed by atoms with Crippen LogP contribution in [0.15, 0.2) is 52.9 Å². The van der Waals surface area contributed by atoms with Crippen LogP contribution in [0.25, 0.3) is 22.1 Å². The maximum atomic E-state index is 14.0. The minimum atomic E-state index is -2.92. The average molecular weight is 543 g/mol. The van der Waals surface area contributed by atoms with Crippen molar-refractivity contribution in [3.05, 3.63) is 59.9 Å². The summed E-state index contributed by atoms with van der Waals surface area (Å²) in [5, 5.41) is 22.2. The number of ketones is 1. The van der Waals surface area contributed by atoms with E-state index in [9.17, 15) is 37.5 Å². The Labute approximate surface area is 221 Å². The number of aliphatic hydroxyl groups is 1. The molecule has 2 N–H and O–H groups in total. The second-order valence-electron chi connectivity index (χ2n) is 10.6. The normalized spacial score (nSPS) is 19.8. The third kappa shape index (κ3) is 5.41. The highest BCUT2D eigenvalue weighted by atomic mass is 19.3. The minimum Gasteiger partial charge on any atom is -0.451 e. The van der Waals surface area contributed by atoms with Crippen LogP contribution < -0.4 is 5.32 Å². The van der Waals surface area contributed by atoms with Crippen LogP contribution in [0.4, 0.5) is 17.6 Å². The number of halogens is 4. The minimum absolute atomic E-state index is 0.0816. The van der Waals surface area contributed by atoms with Crippen LogP contribution in [0.2, 0.25) is 0 Å². The first kappa shape index (κ1) is 26.9. The molecule has 1 aromatic heterocycles. The second kappa shape index (κ2) is 9.79. The number of aliphatic hydroxyl groups excluding tert-OH is 1. The fraction of sp³-hybridized carbons (Fsp3) is 0.414. The van der Waals surface area contributed by atoms with E-state index in [1.807, 2.05) is 0 Å². The summed E-state index contributed by atoms with van der Waals surface area (Å²) in [6.07, 6.45) is -5.29. The molecule has 2 fully saturated rings. The van der Waals surface area contributed by atoms with Crippen LogP contribution in [0.1, 0.15) is 67.2 Å². The van der Waals surface area contributed by atoms with Crippen molar-refractivity contribution >= 4 is 22.7 Å². The highest BCUT2D eigenvalue weighted by Crippen LogP contribution is 2.50. The maximum absolute atomic E-state index is 14.0. The van der Waals surface area contributed by atoms with E-state index in [1.54, 1.807) is 30.3 Å². The van der Waals surface area contributed by atoms with Crippen molar-refractivity contribution in [1.29, 1.82) is 5.26 Å². The number of nitrogens with one attached hydrogen (secondary N) is 1. The highest BCUT2D eigenvalue weighted by Gasteiger charge is 2.53. The number of hydrogen-bond acceptors (Lipinski definition) is 5. The predicted octanol–water partition coefficient (Wildman–Crippen LogP) is 6.34. The Morgan fingerprint density at radius 1 is 0.974 bits per heavy atom. The van der Waals surface area contributed by atoms with Gasteiger partial charge in [0.25, 0.3) is 12.3 Å². The number of amides is 1. The van der Waals surface area contributed by atoms with Gasteiger partial charge < -0.3 is 14.8 Å². The molecule has 2 saturated carbocycles. The molecule has 204 valence electrons. The van der Waals surface area contributed by atoms with Gasteiger partial charge in [0, 0.05) is 24.6 Å². The van der Waals surface area contributed by atoms with E-state index in [0.29, 0.717) is 34.9 Å². The zero-order valence-electron chi connectivity index (χ0n) is 20.9. The maximum Gasteiger partial charge on any atom is 0.287 e. The van der Waals surface area contributed by atoms with Gasteiger partial charge in [-0.3, -0.25) is 9.59 Å². The lowest BCUT2D eigenvalue weighted by atomic mass is 9.74. The van der Waals surface area contributed by atoms with Gasteiger partial charge in [-0.2, -0.15) is 5.26 Å². The van der Waals surface area contributed by atoms with Crippen LogP contribution in [-0.2, 0) is 4.79 Å². The number of carbonyl (C=O) groups is 2. The molecule has 1 heterocycles. The molecule has 1 amide bonds. The Bertz CT molecular complexity index is 1440. The number of alkyl halides is 4. The van der Waals surface area contributed by atoms with E-state index in [2.05, 4.69) is 11.4 Å². The summed E-state index contributed by atoms with van der Waals surface area (Å²) in [6, 6.07) is 14.7. The van der Waals surface area contributed by atoms with Gasteiger partial charge in [0.15, 0.2) is 11.5 Å². The molecule has 10 heteroatoms. The molecule has 0 aliphatic heterocycles. The molecule has 2 aliphatic carbocycles. The summed E-state index contributed by atoms with van der Waals surface area (Å²) in [7, 11) is 0. The number of rotatable bonds is 8. The number of nitriles is 1. The van der Waals surface area contributed by atoms with Crippen LogP contribution >= 0.6 is 0 Å². The van der Waals surface area contributed by atoms with E-state index in [4.69, 9.17) is 4.42 Å². The molecule has 2 aliphatic rings. The van der Waals surface area contributed by atoms with Gasteiger partial charge >= 0.3 is 0 Å². The SMILES string of the molecule is N#CC1(CC(=O)C2(NC(=O)c3cc4ccc(-c5ccc(C(O)C(F)F)cc5)cc4o3)CCC(F)(F)CC2)CC1. The van der Waals surface area contributed by atoms with Crippen LogP contribution in [-0.4, -0.2) is 34.7 Å². The molecule has 1 atom stereocenters. The molecule has 0 radical (unpaired) electrons. The molecule has 0 spiro atoms. The van der Waals surface area contributed by atoms with Crippen LogP contribution in [0.3, 0.4) is 0 Å². The summed E-state index contributed by atoms with van der Waals surface area (Å²) >= 11 is 0.